The van der Waals surface area contributed by atoms with Crippen molar-refractivity contribution in [3.63, 3.8) is 0 Å². The topological polar surface area (TPSA) is 38.0 Å². The molecule has 3 N–H and O–H groups in total. The molecule has 100 valence electrons. The Morgan fingerprint density at radius 1 is 1.05 bits per heavy atom. The Labute approximate surface area is 115 Å². The number of rotatable bonds is 4. The summed E-state index contributed by atoms with van der Waals surface area (Å²) in [6.07, 6.45) is 5.30. The maximum absolute atomic E-state index is 5.96. The van der Waals surface area contributed by atoms with Crippen molar-refractivity contribution in [3.05, 3.63) is 48.0 Å². The molecule has 2 heteroatoms. The molecular weight excluding hydrogens is 232 g/mol. The molecule has 0 bridgehead atoms. The van der Waals surface area contributed by atoms with E-state index in [0.717, 1.165) is 0 Å². The molecule has 0 spiro atoms. The molecule has 0 radical (unpaired) electrons. The molecule has 0 saturated heterocycles. The fourth-order valence-corrected chi connectivity index (χ4v) is 3.10. The lowest BCUT2D eigenvalue weighted by Crippen LogP contribution is -2.35. The van der Waals surface area contributed by atoms with Crippen LogP contribution in [0, 0.1) is 0 Å². The zero-order valence-electron chi connectivity index (χ0n) is 11.3. The van der Waals surface area contributed by atoms with Gasteiger partial charge in [-0.05, 0) is 35.2 Å². The van der Waals surface area contributed by atoms with Crippen molar-refractivity contribution in [2.45, 2.75) is 37.8 Å². The molecule has 1 unspecified atom stereocenters. The Hall–Kier alpha value is -1.38. The van der Waals surface area contributed by atoms with Gasteiger partial charge in [-0.25, -0.2) is 0 Å². The van der Waals surface area contributed by atoms with Crippen LogP contribution < -0.4 is 11.1 Å². The number of hydrogen-bond acceptors (Lipinski definition) is 2. The van der Waals surface area contributed by atoms with E-state index in [4.69, 9.17) is 5.73 Å². The van der Waals surface area contributed by atoms with Crippen molar-refractivity contribution >= 4 is 10.8 Å². The summed E-state index contributed by atoms with van der Waals surface area (Å²) in [6, 6.07) is 16.1. The van der Waals surface area contributed by atoms with Crippen LogP contribution in [0.1, 0.15) is 37.3 Å². The zero-order chi connectivity index (χ0) is 13.1. The summed E-state index contributed by atoms with van der Waals surface area (Å²) in [6.45, 7) is 0.662. The second-order valence-corrected chi connectivity index (χ2v) is 5.54. The first-order chi connectivity index (χ1) is 9.36. The summed E-state index contributed by atoms with van der Waals surface area (Å²) in [5.74, 6) is 0. The second-order valence-electron chi connectivity index (χ2n) is 5.54. The van der Waals surface area contributed by atoms with Crippen LogP contribution >= 0.6 is 0 Å². The molecule has 2 aromatic carbocycles. The molecule has 19 heavy (non-hydrogen) atoms. The van der Waals surface area contributed by atoms with Gasteiger partial charge in [0.15, 0.2) is 0 Å². The van der Waals surface area contributed by atoms with Gasteiger partial charge in [-0.3, -0.25) is 0 Å². The molecule has 3 rings (SSSR count). The van der Waals surface area contributed by atoms with Crippen molar-refractivity contribution < 1.29 is 0 Å². The van der Waals surface area contributed by atoms with Crippen LogP contribution in [0.5, 0.6) is 0 Å². The van der Waals surface area contributed by atoms with Crippen LogP contribution in [0.25, 0.3) is 10.8 Å². The Morgan fingerprint density at radius 2 is 1.79 bits per heavy atom. The highest BCUT2D eigenvalue weighted by molar-refractivity contribution is 5.83. The molecule has 0 heterocycles. The van der Waals surface area contributed by atoms with Crippen molar-refractivity contribution in [2.75, 3.05) is 6.54 Å². The molecule has 0 aliphatic heterocycles. The fourth-order valence-electron chi connectivity index (χ4n) is 3.10. The molecule has 2 aromatic rings. The number of hydrogen-bond donors (Lipinski definition) is 2. The number of nitrogens with one attached hydrogen (secondary N) is 1. The van der Waals surface area contributed by atoms with E-state index in [1.54, 1.807) is 0 Å². The first kappa shape index (κ1) is 12.6. The molecule has 2 nitrogen and oxygen atoms in total. The van der Waals surface area contributed by atoms with Crippen molar-refractivity contribution in [1.29, 1.82) is 0 Å². The predicted octanol–water partition coefficient (Wildman–Crippen LogP) is 3.37. The molecule has 1 aliphatic rings. The lowest BCUT2D eigenvalue weighted by atomic mass is 10.0. The number of nitrogens with two attached hydrogens (primary N) is 1. The minimum Gasteiger partial charge on any atom is -0.329 e. The summed E-state index contributed by atoms with van der Waals surface area (Å²) >= 11 is 0. The number of benzene rings is 2. The molecule has 1 saturated carbocycles. The van der Waals surface area contributed by atoms with E-state index in [9.17, 15) is 0 Å². The predicted molar refractivity (Wildman–Crippen MR) is 81.1 cm³/mol. The highest BCUT2D eigenvalue weighted by Gasteiger charge is 2.19. The van der Waals surface area contributed by atoms with E-state index in [2.05, 4.69) is 47.8 Å². The van der Waals surface area contributed by atoms with Gasteiger partial charge in [-0.15, -0.1) is 0 Å². The molecule has 1 aliphatic carbocycles. The summed E-state index contributed by atoms with van der Waals surface area (Å²) < 4.78 is 0. The van der Waals surface area contributed by atoms with Gasteiger partial charge in [0.2, 0.25) is 0 Å². The third kappa shape index (κ3) is 2.80. The average molecular weight is 254 g/mol. The van der Waals surface area contributed by atoms with Crippen LogP contribution in [0.15, 0.2) is 42.5 Å². The third-order valence-electron chi connectivity index (χ3n) is 4.20. The van der Waals surface area contributed by atoms with Gasteiger partial charge in [-0.1, -0.05) is 49.2 Å². The number of fused-ring (bicyclic) bond motifs is 1. The van der Waals surface area contributed by atoms with Gasteiger partial charge in [0.1, 0.15) is 0 Å². The summed E-state index contributed by atoms with van der Waals surface area (Å²) in [4.78, 5) is 0. The molecular formula is C17H22N2. The molecule has 0 amide bonds. The van der Waals surface area contributed by atoms with Gasteiger partial charge in [-0.2, -0.15) is 0 Å². The van der Waals surface area contributed by atoms with Crippen molar-refractivity contribution in [3.8, 4) is 0 Å². The largest absolute Gasteiger partial charge is 0.329 e. The molecule has 1 atom stereocenters. The fraction of sp³-hybridized carbons (Fsp3) is 0.412. The van der Waals surface area contributed by atoms with E-state index in [1.807, 2.05) is 0 Å². The monoisotopic (exact) mass is 254 g/mol. The van der Waals surface area contributed by atoms with E-state index in [1.165, 1.54) is 42.0 Å². The van der Waals surface area contributed by atoms with Crippen molar-refractivity contribution in [2.24, 2.45) is 5.73 Å². The Balaban J connectivity index is 1.83. The summed E-state index contributed by atoms with van der Waals surface area (Å²) in [5, 5.41) is 6.31. The van der Waals surface area contributed by atoms with Crippen LogP contribution in [-0.4, -0.2) is 12.6 Å². The van der Waals surface area contributed by atoms with Crippen molar-refractivity contribution in [1.82, 2.24) is 5.32 Å². The van der Waals surface area contributed by atoms with E-state index < -0.39 is 0 Å². The van der Waals surface area contributed by atoms with Gasteiger partial charge in [0.05, 0.1) is 0 Å². The quantitative estimate of drug-likeness (QED) is 0.878. The van der Waals surface area contributed by atoms with Crippen LogP contribution in [-0.2, 0) is 0 Å². The van der Waals surface area contributed by atoms with E-state index in [0.29, 0.717) is 12.6 Å². The van der Waals surface area contributed by atoms with Gasteiger partial charge < -0.3 is 11.1 Å². The average Bonchev–Trinajstić information content (AvgIpc) is 2.97. The first-order valence-electron chi connectivity index (χ1n) is 7.31. The minimum absolute atomic E-state index is 0.285. The maximum Gasteiger partial charge on any atom is 0.0446 e. The maximum atomic E-state index is 5.96. The van der Waals surface area contributed by atoms with Gasteiger partial charge >= 0.3 is 0 Å². The second kappa shape index (κ2) is 5.72. The van der Waals surface area contributed by atoms with E-state index in [-0.39, 0.29) is 6.04 Å². The summed E-state index contributed by atoms with van der Waals surface area (Å²) in [7, 11) is 0. The third-order valence-corrected chi connectivity index (χ3v) is 4.20. The van der Waals surface area contributed by atoms with Crippen LogP contribution in [0.4, 0.5) is 0 Å². The Bertz CT molecular complexity index is 544. The highest BCUT2D eigenvalue weighted by Crippen LogP contribution is 2.24. The van der Waals surface area contributed by atoms with Gasteiger partial charge in [0, 0.05) is 18.6 Å². The normalized spacial score (nSPS) is 17.9. The standard InChI is InChI=1S/C17H22N2/c18-12-17(19-16-7-3-4-8-16)15-10-9-13-5-1-2-6-14(13)11-15/h1-2,5-6,9-11,16-17,19H,3-4,7-8,12,18H2. The minimum atomic E-state index is 0.285. The molecule has 0 aromatic heterocycles. The molecule has 1 fully saturated rings. The van der Waals surface area contributed by atoms with Crippen LogP contribution in [0.3, 0.4) is 0 Å². The summed E-state index contributed by atoms with van der Waals surface area (Å²) in [5.41, 5.74) is 7.28. The smallest absolute Gasteiger partial charge is 0.0446 e. The lowest BCUT2D eigenvalue weighted by Gasteiger charge is -2.22. The zero-order valence-corrected chi connectivity index (χ0v) is 11.3. The SMILES string of the molecule is NCC(NC1CCCC1)c1ccc2ccccc2c1. The Kier molecular flexibility index (Phi) is 3.81. The first-order valence-corrected chi connectivity index (χ1v) is 7.31. The van der Waals surface area contributed by atoms with Crippen LogP contribution in [0.2, 0.25) is 0 Å². The lowest BCUT2D eigenvalue weighted by molar-refractivity contribution is 0.445. The highest BCUT2D eigenvalue weighted by atomic mass is 15.0. The van der Waals surface area contributed by atoms with E-state index >= 15 is 0 Å². The Morgan fingerprint density at radius 3 is 2.53 bits per heavy atom. The van der Waals surface area contributed by atoms with Gasteiger partial charge in [0.25, 0.3) is 0 Å².